The number of rotatable bonds is 7. The molecular weight excluding hydrogens is 468 g/mol. The van der Waals surface area contributed by atoms with Gasteiger partial charge in [-0.15, -0.1) is 0 Å². The Bertz CT molecular complexity index is 1150. The highest BCUT2D eigenvalue weighted by Gasteiger charge is 2.19. The van der Waals surface area contributed by atoms with Gasteiger partial charge in [0.15, 0.2) is 5.84 Å². The van der Waals surface area contributed by atoms with Crippen LogP contribution in [0.3, 0.4) is 0 Å². The predicted molar refractivity (Wildman–Crippen MR) is 137 cm³/mol. The van der Waals surface area contributed by atoms with E-state index in [0.29, 0.717) is 28.2 Å². The van der Waals surface area contributed by atoms with Crippen molar-refractivity contribution in [3.05, 3.63) is 75.2 Å². The maximum atomic E-state index is 14.7. The van der Waals surface area contributed by atoms with Crippen LogP contribution in [-0.4, -0.2) is 32.0 Å². The first-order valence-corrected chi connectivity index (χ1v) is 11.2. The topological polar surface area (TPSA) is 61.1 Å². The van der Waals surface area contributed by atoms with E-state index in [4.69, 9.17) is 23.2 Å². The fraction of sp³-hybridized carbons (Fsp3) is 0.174. The highest BCUT2D eigenvalue weighted by Crippen LogP contribution is 2.33. The molecule has 1 aliphatic rings. The summed E-state index contributed by atoms with van der Waals surface area (Å²) >= 11 is 13.3. The summed E-state index contributed by atoms with van der Waals surface area (Å²) in [4.78, 5) is 13.7. The zero-order valence-electron chi connectivity index (χ0n) is 17.8. The zero-order valence-corrected chi connectivity index (χ0v) is 20.2. The van der Waals surface area contributed by atoms with Crippen LogP contribution >= 0.6 is 35.1 Å². The molecule has 166 valence electrons. The van der Waals surface area contributed by atoms with E-state index < -0.39 is 0 Å². The molecule has 0 aromatic heterocycles. The van der Waals surface area contributed by atoms with Crippen LogP contribution in [0.4, 0.5) is 10.1 Å². The van der Waals surface area contributed by atoms with Crippen molar-refractivity contribution >= 4 is 64.7 Å². The number of aryl methyl sites for hydroxylation is 1. The molecule has 0 fully saturated rings. The van der Waals surface area contributed by atoms with Crippen molar-refractivity contribution in [3.8, 4) is 0 Å². The van der Waals surface area contributed by atoms with Crippen LogP contribution in [0, 0.1) is 12.7 Å². The smallest absolute Gasteiger partial charge is 0.157 e. The van der Waals surface area contributed by atoms with E-state index in [1.807, 2.05) is 27.0 Å². The summed E-state index contributed by atoms with van der Waals surface area (Å²) in [5, 5.41) is 4.00. The highest BCUT2D eigenvalue weighted by molar-refractivity contribution is 8.00. The third-order valence-corrected chi connectivity index (χ3v) is 5.79. The molecule has 2 aromatic rings. The van der Waals surface area contributed by atoms with Crippen LogP contribution in [0.25, 0.3) is 5.57 Å². The van der Waals surface area contributed by atoms with Crippen LogP contribution in [0.2, 0.25) is 10.0 Å². The minimum absolute atomic E-state index is 0.336. The SMILES string of the molecule is C=N/C=C1/C=C(c2cc(NSc3cc(Cl)cc(Cl)c3)c(F)cc2C)C(C)=N/C1=N/CNC. The van der Waals surface area contributed by atoms with Gasteiger partial charge in [-0.25, -0.2) is 9.38 Å². The van der Waals surface area contributed by atoms with Crippen LogP contribution in [0.15, 0.2) is 68.1 Å². The molecule has 5 nitrogen and oxygen atoms in total. The Hall–Kier alpha value is -2.45. The van der Waals surface area contributed by atoms with Gasteiger partial charge in [0.25, 0.3) is 0 Å². The number of anilines is 1. The van der Waals surface area contributed by atoms with E-state index in [1.165, 1.54) is 18.0 Å². The van der Waals surface area contributed by atoms with Crippen LogP contribution < -0.4 is 10.0 Å². The third-order valence-electron chi connectivity index (χ3n) is 4.56. The summed E-state index contributed by atoms with van der Waals surface area (Å²) in [7, 11) is 1.81. The van der Waals surface area contributed by atoms with Gasteiger partial charge in [-0.05, 0) is 87.1 Å². The normalized spacial score (nSPS) is 16.2. The molecule has 0 unspecified atom stereocenters. The van der Waals surface area contributed by atoms with Crippen molar-refractivity contribution < 1.29 is 4.39 Å². The van der Waals surface area contributed by atoms with E-state index in [2.05, 4.69) is 31.7 Å². The van der Waals surface area contributed by atoms with Gasteiger partial charge in [-0.2, -0.15) is 0 Å². The Kier molecular flexibility index (Phi) is 8.26. The molecule has 0 spiro atoms. The van der Waals surface area contributed by atoms with Crippen molar-refractivity contribution in [2.75, 3.05) is 18.4 Å². The van der Waals surface area contributed by atoms with E-state index in [1.54, 1.807) is 30.5 Å². The molecule has 0 bridgehead atoms. The summed E-state index contributed by atoms with van der Waals surface area (Å²) in [6.45, 7) is 7.73. The lowest BCUT2D eigenvalue weighted by molar-refractivity contribution is 0.631. The van der Waals surface area contributed by atoms with E-state index in [9.17, 15) is 4.39 Å². The van der Waals surface area contributed by atoms with Gasteiger partial charge in [0.05, 0.1) is 12.4 Å². The van der Waals surface area contributed by atoms with Crippen molar-refractivity contribution in [2.45, 2.75) is 18.7 Å². The lowest BCUT2D eigenvalue weighted by Gasteiger charge is -2.19. The molecule has 0 amide bonds. The number of nitrogens with zero attached hydrogens (tertiary/aromatic N) is 3. The van der Waals surface area contributed by atoms with Gasteiger partial charge in [-0.3, -0.25) is 9.98 Å². The maximum absolute atomic E-state index is 14.7. The van der Waals surface area contributed by atoms with Gasteiger partial charge >= 0.3 is 0 Å². The number of benzene rings is 2. The minimum atomic E-state index is -0.363. The monoisotopic (exact) mass is 489 g/mol. The first kappa shape index (κ1) is 24.2. The Morgan fingerprint density at radius 3 is 2.53 bits per heavy atom. The van der Waals surface area contributed by atoms with Crippen molar-refractivity contribution in [3.63, 3.8) is 0 Å². The summed E-state index contributed by atoms with van der Waals surface area (Å²) in [5.41, 5.74) is 4.34. The predicted octanol–water partition coefficient (Wildman–Crippen LogP) is 6.58. The maximum Gasteiger partial charge on any atom is 0.157 e. The molecule has 32 heavy (non-hydrogen) atoms. The van der Waals surface area contributed by atoms with Gasteiger partial charge in [0.1, 0.15) is 5.82 Å². The van der Waals surface area contributed by atoms with E-state index in [0.717, 1.165) is 32.9 Å². The summed E-state index contributed by atoms with van der Waals surface area (Å²) < 4.78 is 17.8. The highest BCUT2D eigenvalue weighted by atomic mass is 35.5. The first-order valence-electron chi connectivity index (χ1n) is 9.64. The van der Waals surface area contributed by atoms with Crippen LogP contribution in [-0.2, 0) is 0 Å². The van der Waals surface area contributed by atoms with Crippen molar-refractivity contribution in [2.24, 2.45) is 15.0 Å². The zero-order chi connectivity index (χ0) is 23.3. The number of amidine groups is 1. The Balaban J connectivity index is 1.96. The van der Waals surface area contributed by atoms with Gasteiger partial charge < -0.3 is 10.0 Å². The molecule has 0 saturated heterocycles. The lowest BCUT2D eigenvalue weighted by Crippen LogP contribution is -2.15. The number of hydrogen-bond donors (Lipinski definition) is 2. The number of allylic oxidation sites excluding steroid dienone is 1. The first-order chi connectivity index (χ1) is 15.3. The Morgan fingerprint density at radius 2 is 1.88 bits per heavy atom. The molecular formula is C23H22Cl2FN5S. The molecule has 0 saturated carbocycles. The fourth-order valence-electron chi connectivity index (χ4n) is 3.10. The van der Waals surface area contributed by atoms with Gasteiger partial charge in [0, 0.05) is 38.0 Å². The second-order valence-corrected chi connectivity index (χ2v) is 8.72. The summed E-state index contributed by atoms with van der Waals surface area (Å²) in [6, 6.07) is 8.42. The standard InChI is InChI=1S/C23H22Cl2FN5S/c1-13-5-21(26)22(31-32-18-8-16(24)7-17(25)9-18)10-19(13)20-6-15(11-27-3)23(29-12-28-4)30-14(20)2/h5-11,28,31H,3,12H2,1-2,4H3/b15-11-,29-23+. The summed E-state index contributed by atoms with van der Waals surface area (Å²) in [6.07, 6.45) is 3.56. The average Bonchev–Trinajstić information content (AvgIpc) is 2.73. The molecule has 0 atom stereocenters. The van der Waals surface area contributed by atoms with Crippen LogP contribution in [0.1, 0.15) is 18.1 Å². The number of dihydropyridines is 1. The second kappa shape index (κ2) is 10.9. The number of nitrogens with one attached hydrogen (secondary N) is 2. The molecule has 9 heteroatoms. The lowest BCUT2D eigenvalue weighted by atomic mass is 9.92. The number of halogens is 3. The molecule has 3 rings (SSSR count). The van der Waals surface area contributed by atoms with Crippen molar-refractivity contribution in [1.29, 1.82) is 0 Å². The molecule has 0 radical (unpaired) electrons. The average molecular weight is 490 g/mol. The van der Waals surface area contributed by atoms with E-state index >= 15 is 0 Å². The molecule has 2 aromatic carbocycles. The number of aliphatic imine (C=N–C) groups is 3. The van der Waals surface area contributed by atoms with Crippen molar-refractivity contribution in [1.82, 2.24) is 5.32 Å². The second-order valence-electron chi connectivity index (χ2n) is 6.97. The minimum Gasteiger partial charge on any atom is -0.323 e. The Labute approximate surface area is 201 Å². The van der Waals surface area contributed by atoms with Gasteiger partial charge in [0.2, 0.25) is 0 Å². The number of hydrogen-bond acceptors (Lipinski definition) is 5. The molecule has 1 heterocycles. The molecule has 2 N–H and O–H groups in total. The quantitative estimate of drug-likeness (QED) is 0.341. The molecule has 0 aliphatic carbocycles. The van der Waals surface area contributed by atoms with Crippen LogP contribution in [0.5, 0.6) is 0 Å². The largest absolute Gasteiger partial charge is 0.323 e. The Morgan fingerprint density at radius 1 is 1.16 bits per heavy atom. The fourth-order valence-corrected chi connectivity index (χ4v) is 4.51. The van der Waals surface area contributed by atoms with E-state index in [-0.39, 0.29) is 5.82 Å². The summed E-state index contributed by atoms with van der Waals surface area (Å²) in [5.74, 6) is 0.206. The third kappa shape index (κ3) is 5.86. The van der Waals surface area contributed by atoms with Gasteiger partial charge in [-0.1, -0.05) is 23.2 Å². The molecule has 1 aliphatic heterocycles.